The van der Waals surface area contributed by atoms with Gasteiger partial charge in [0.2, 0.25) is 0 Å². The number of nitrogens with two attached hydrogens (primary N) is 1. The first-order valence-corrected chi connectivity index (χ1v) is 7.45. The van der Waals surface area contributed by atoms with E-state index in [1.54, 1.807) is 0 Å². The number of hydrogen-bond donors (Lipinski definition) is 2. The summed E-state index contributed by atoms with van der Waals surface area (Å²) in [4.78, 5) is 11.4. The van der Waals surface area contributed by atoms with E-state index in [9.17, 15) is 4.79 Å². The zero-order valence-electron chi connectivity index (χ0n) is 11.9. The van der Waals surface area contributed by atoms with Gasteiger partial charge in [-0.15, -0.1) is 0 Å². The fourth-order valence-electron chi connectivity index (χ4n) is 3.23. The number of ether oxygens (including phenoxy) is 1. The molecule has 1 unspecified atom stereocenters. The van der Waals surface area contributed by atoms with E-state index in [2.05, 4.69) is 12.2 Å². The maximum atomic E-state index is 11.4. The zero-order chi connectivity index (χ0) is 14.1. The van der Waals surface area contributed by atoms with E-state index < -0.39 is 0 Å². The molecule has 3 rings (SSSR count). The highest BCUT2D eigenvalue weighted by molar-refractivity contribution is 5.95. The molecule has 4 nitrogen and oxygen atoms in total. The van der Waals surface area contributed by atoms with Crippen molar-refractivity contribution in [3.8, 4) is 5.75 Å². The van der Waals surface area contributed by atoms with Gasteiger partial charge in [-0.05, 0) is 42.4 Å². The number of nitrogens with one attached hydrogen (secondary N) is 1. The van der Waals surface area contributed by atoms with Crippen LogP contribution in [0.3, 0.4) is 0 Å². The van der Waals surface area contributed by atoms with Crippen LogP contribution in [0.15, 0.2) is 18.2 Å². The molecule has 0 aromatic heterocycles. The third kappa shape index (κ3) is 2.66. The first-order chi connectivity index (χ1) is 9.63. The van der Waals surface area contributed by atoms with E-state index >= 15 is 0 Å². The summed E-state index contributed by atoms with van der Waals surface area (Å²) < 4.78 is 5.38. The molecule has 108 valence electrons. The number of hydrogen-bond acceptors (Lipinski definition) is 3. The lowest BCUT2D eigenvalue weighted by atomic mass is 9.77. The van der Waals surface area contributed by atoms with Crippen molar-refractivity contribution in [1.82, 2.24) is 0 Å². The van der Waals surface area contributed by atoms with Crippen LogP contribution in [0.2, 0.25) is 0 Å². The van der Waals surface area contributed by atoms with Crippen molar-refractivity contribution in [3.63, 3.8) is 0 Å². The van der Waals surface area contributed by atoms with Crippen LogP contribution in [0.5, 0.6) is 5.75 Å². The Hall–Kier alpha value is -1.55. The van der Waals surface area contributed by atoms with Crippen molar-refractivity contribution in [2.24, 2.45) is 17.6 Å². The fourth-order valence-corrected chi connectivity index (χ4v) is 3.23. The summed E-state index contributed by atoms with van der Waals surface area (Å²) in [6.45, 7) is 2.41. The van der Waals surface area contributed by atoms with Crippen molar-refractivity contribution in [2.75, 3.05) is 11.9 Å². The number of benzene rings is 1. The van der Waals surface area contributed by atoms with Crippen LogP contribution >= 0.6 is 0 Å². The summed E-state index contributed by atoms with van der Waals surface area (Å²) in [7, 11) is 0. The Balaban J connectivity index is 1.76. The highest BCUT2D eigenvalue weighted by Gasteiger charge is 2.26. The molecule has 1 aliphatic carbocycles. The molecule has 1 fully saturated rings. The van der Waals surface area contributed by atoms with E-state index in [0.717, 1.165) is 22.9 Å². The monoisotopic (exact) mass is 274 g/mol. The molecule has 4 heteroatoms. The summed E-state index contributed by atoms with van der Waals surface area (Å²) in [6.07, 6.45) is 4.93. The van der Waals surface area contributed by atoms with Crippen LogP contribution in [0, 0.1) is 11.8 Å². The Morgan fingerprint density at radius 1 is 1.30 bits per heavy atom. The largest absolute Gasteiger partial charge is 0.482 e. The predicted octanol–water partition coefficient (Wildman–Crippen LogP) is 2.84. The second-order valence-electron chi connectivity index (χ2n) is 6.14. The van der Waals surface area contributed by atoms with Crippen LogP contribution in [-0.2, 0) is 4.79 Å². The van der Waals surface area contributed by atoms with Crippen molar-refractivity contribution in [2.45, 2.75) is 38.6 Å². The number of rotatable bonds is 2. The lowest BCUT2D eigenvalue weighted by molar-refractivity contribution is -0.118. The van der Waals surface area contributed by atoms with Gasteiger partial charge in [0.25, 0.3) is 5.91 Å². The third-order valence-corrected chi connectivity index (χ3v) is 4.59. The highest BCUT2D eigenvalue weighted by Crippen LogP contribution is 2.37. The molecule has 1 saturated carbocycles. The van der Waals surface area contributed by atoms with Gasteiger partial charge < -0.3 is 15.8 Å². The molecule has 1 atom stereocenters. The van der Waals surface area contributed by atoms with E-state index in [4.69, 9.17) is 10.5 Å². The van der Waals surface area contributed by atoms with E-state index in [1.807, 2.05) is 18.2 Å². The molecule has 0 spiro atoms. The van der Waals surface area contributed by atoms with Gasteiger partial charge in [0.15, 0.2) is 6.61 Å². The lowest BCUT2D eigenvalue weighted by Crippen LogP contribution is -2.27. The second kappa shape index (κ2) is 5.44. The second-order valence-corrected chi connectivity index (χ2v) is 6.14. The lowest BCUT2D eigenvalue weighted by Gasteiger charge is -2.31. The summed E-state index contributed by atoms with van der Waals surface area (Å²) in [5.74, 6) is 2.01. The summed E-state index contributed by atoms with van der Waals surface area (Å²) in [5, 5.41) is 2.85. The normalized spacial score (nSPS) is 27.2. The Labute approximate surface area is 119 Å². The average molecular weight is 274 g/mol. The van der Waals surface area contributed by atoms with Gasteiger partial charge in [-0.1, -0.05) is 25.8 Å². The topological polar surface area (TPSA) is 64.3 Å². The molecular formula is C16H22N2O2. The molecule has 1 heterocycles. The SMILES string of the molecule is CC1CCC(C(N)c2ccc3c(c2)NC(=O)CO3)CC1. The molecule has 0 saturated heterocycles. The number of carbonyl (C=O) groups is 1. The predicted molar refractivity (Wildman–Crippen MR) is 78.6 cm³/mol. The minimum Gasteiger partial charge on any atom is -0.482 e. The highest BCUT2D eigenvalue weighted by atomic mass is 16.5. The first-order valence-electron chi connectivity index (χ1n) is 7.45. The summed E-state index contributed by atoms with van der Waals surface area (Å²) in [6, 6.07) is 5.95. The van der Waals surface area contributed by atoms with Crippen molar-refractivity contribution >= 4 is 11.6 Å². The number of carbonyl (C=O) groups excluding carboxylic acids is 1. The van der Waals surface area contributed by atoms with Crippen LogP contribution in [-0.4, -0.2) is 12.5 Å². The van der Waals surface area contributed by atoms with Crippen molar-refractivity contribution < 1.29 is 9.53 Å². The molecule has 0 radical (unpaired) electrons. The molecule has 0 bridgehead atoms. The molecule has 20 heavy (non-hydrogen) atoms. The molecular weight excluding hydrogens is 252 g/mol. The Morgan fingerprint density at radius 2 is 2.05 bits per heavy atom. The smallest absolute Gasteiger partial charge is 0.262 e. The van der Waals surface area contributed by atoms with Gasteiger partial charge in [-0.25, -0.2) is 0 Å². The van der Waals surface area contributed by atoms with Crippen LogP contribution in [0.25, 0.3) is 0 Å². The molecule has 1 amide bonds. The average Bonchev–Trinajstić information content (AvgIpc) is 2.46. The van der Waals surface area contributed by atoms with Gasteiger partial charge in [0, 0.05) is 6.04 Å². The first kappa shape index (κ1) is 13.4. The van der Waals surface area contributed by atoms with E-state index in [1.165, 1.54) is 25.7 Å². The molecule has 1 aromatic rings. The quantitative estimate of drug-likeness (QED) is 0.871. The van der Waals surface area contributed by atoms with Gasteiger partial charge in [0.05, 0.1) is 5.69 Å². The Kier molecular flexibility index (Phi) is 3.66. The van der Waals surface area contributed by atoms with Crippen LogP contribution in [0.4, 0.5) is 5.69 Å². The van der Waals surface area contributed by atoms with Gasteiger partial charge >= 0.3 is 0 Å². The summed E-state index contributed by atoms with van der Waals surface area (Å²) >= 11 is 0. The van der Waals surface area contributed by atoms with Crippen LogP contribution < -0.4 is 15.8 Å². The van der Waals surface area contributed by atoms with Crippen molar-refractivity contribution in [3.05, 3.63) is 23.8 Å². The zero-order valence-corrected chi connectivity index (χ0v) is 11.9. The number of anilines is 1. The number of fused-ring (bicyclic) bond motifs is 1. The molecule has 3 N–H and O–H groups in total. The minimum atomic E-state index is -0.102. The van der Waals surface area contributed by atoms with E-state index in [-0.39, 0.29) is 18.6 Å². The molecule has 1 aromatic carbocycles. The minimum absolute atomic E-state index is 0.0478. The third-order valence-electron chi connectivity index (χ3n) is 4.59. The maximum Gasteiger partial charge on any atom is 0.262 e. The van der Waals surface area contributed by atoms with Crippen molar-refractivity contribution in [1.29, 1.82) is 0 Å². The Morgan fingerprint density at radius 3 is 2.80 bits per heavy atom. The van der Waals surface area contributed by atoms with E-state index in [0.29, 0.717) is 5.92 Å². The Bertz CT molecular complexity index is 507. The fraction of sp³-hybridized carbons (Fsp3) is 0.562. The van der Waals surface area contributed by atoms with Crippen LogP contribution in [0.1, 0.15) is 44.2 Å². The summed E-state index contributed by atoms with van der Waals surface area (Å²) in [5.41, 5.74) is 8.27. The molecule has 2 aliphatic rings. The van der Waals surface area contributed by atoms with Gasteiger partial charge in [-0.2, -0.15) is 0 Å². The molecule has 1 aliphatic heterocycles. The van der Waals surface area contributed by atoms with Gasteiger partial charge in [0.1, 0.15) is 5.75 Å². The standard InChI is InChI=1S/C16H22N2O2/c1-10-2-4-11(5-3-10)16(17)12-6-7-14-13(8-12)18-15(19)9-20-14/h6-8,10-11,16H,2-5,9,17H2,1H3,(H,18,19). The number of amides is 1. The maximum absolute atomic E-state index is 11.4. The van der Waals surface area contributed by atoms with Gasteiger partial charge in [-0.3, -0.25) is 4.79 Å².